The van der Waals surface area contributed by atoms with Crippen LogP contribution in [0.25, 0.3) is 27.5 Å². The maximum absolute atomic E-state index is 2.47. The van der Waals surface area contributed by atoms with Crippen LogP contribution >= 0.6 is 0 Å². The normalized spacial score (nSPS) is 12.8. The summed E-state index contributed by atoms with van der Waals surface area (Å²) < 4.78 is 2.47. The first-order valence-corrected chi connectivity index (χ1v) is 7.85. The Morgan fingerprint density at radius 3 is 2.59 bits per heavy atom. The molecule has 1 aromatic heterocycles. The van der Waals surface area contributed by atoms with Crippen LogP contribution in [-0.2, 0) is 6.42 Å². The highest BCUT2D eigenvalue weighted by Crippen LogP contribution is 2.40. The third-order valence-corrected chi connectivity index (χ3v) is 5.02. The van der Waals surface area contributed by atoms with Gasteiger partial charge in [0.2, 0.25) is 0 Å². The van der Waals surface area contributed by atoms with Crippen molar-refractivity contribution in [2.24, 2.45) is 0 Å². The smallest absolute Gasteiger partial charge is 0.0579 e. The zero-order valence-corrected chi connectivity index (χ0v) is 12.9. The number of para-hydroxylation sites is 1. The van der Waals surface area contributed by atoms with E-state index in [4.69, 9.17) is 0 Å². The van der Waals surface area contributed by atoms with Gasteiger partial charge in [0.15, 0.2) is 0 Å². The fraction of sp³-hybridized carbons (Fsp3) is 0.143. The Labute approximate surface area is 129 Å². The molecular weight excluding hydrogens is 266 g/mol. The molecule has 5 rings (SSSR count). The third kappa shape index (κ3) is 1.38. The summed E-state index contributed by atoms with van der Waals surface area (Å²) in [6.07, 6.45) is 1.04. The van der Waals surface area contributed by atoms with E-state index in [2.05, 4.69) is 73.0 Å². The van der Waals surface area contributed by atoms with Crippen LogP contribution < -0.4 is 0 Å². The summed E-state index contributed by atoms with van der Waals surface area (Å²) in [7, 11) is 0. The van der Waals surface area contributed by atoms with Crippen molar-refractivity contribution in [1.29, 1.82) is 0 Å². The fourth-order valence-electron chi connectivity index (χ4n) is 3.93. The van der Waals surface area contributed by atoms with E-state index in [9.17, 15) is 0 Å². The number of aromatic nitrogens is 1. The lowest BCUT2D eigenvalue weighted by molar-refractivity contribution is 1.03. The van der Waals surface area contributed by atoms with Crippen LogP contribution in [0.1, 0.15) is 22.3 Å². The lowest BCUT2D eigenvalue weighted by Gasteiger charge is -2.22. The van der Waals surface area contributed by atoms with Gasteiger partial charge in [-0.15, -0.1) is 0 Å². The Bertz CT molecular complexity index is 1070. The molecule has 0 atom stereocenters. The molecule has 0 amide bonds. The summed E-state index contributed by atoms with van der Waals surface area (Å²) in [5.74, 6) is 0. The highest BCUT2D eigenvalue weighted by molar-refractivity contribution is 6.11. The van der Waals surface area contributed by atoms with Crippen molar-refractivity contribution in [2.75, 3.05) is 0 Å². The standard InChI is InChI=1S/C21H17N/c1-13-7-9-16-17-10-8-14(2)18-12-15-5-3-4-6-19(15)22(21(17)18)20(16)11-13/h3-11H,12H2,1-2H3. The van der Waals surface area contributed by atoms with Gasteiger partial charge in [-0.1, -0.05) is 42.5 Å². The van der Waals surface area contributed by atoms with E-state index < -0.39 is 0 Å². The number of rotatable bonds is 0. The Kier molecular flexibility index (Phi) is 2.20. The van der Waals surface area contributed by atoms with Crippen molar-refractivity contribution < 1.29 is 0 Å². The van der Waals surface area contributed by atoms with E-state index >= 15 is 0 Å². The fourth-order valence-corrected chi connectivity index (χ4v) is 3.93. The molecule has 0 aliphatic carbocycles. The molecule has 0 fully saturated rings. The van der Waals surface area contributed by atoms with Gasteiger partial charge < -0.3 is 4.57 Å². The average molecular weight is 283 g/mol. The molecular formula is C21H17N. The van der Waals surface area contributed by atoms with Gasteiger partial charge in [0, 0.05) is 22.9 Å². The number of aryl methyl sites for hydroxylation is 2. The second-order valence-corrected chi connectivity index (χ2v) is 6.42. The molecule has 106 valence electrons. The summed E-state index contributed by atoms with van der Waals surface area (Å²) in [6, 6.07) is 20.2. The zero-order chi connectivity index (χ0) is 14.8. The Morgan fingerprint density at radius 2 is 1.68 bits per heavy atom. The molecule has 0 unspecified atom stereocenters. The van der Waals surface area contributed by atoms with Gasteiger partial charge >= 0.3 is 0 Å². The van der Waals surface area contributed by atoms with E-state index in [-0.39, 0.29) is 0 Å². The third-order valence-electron chi connectivity index (χ3n) is 5.02. The Hall–Kier alpha value is -2.54. The molecule has 2 heterocycles. The molecule has 22 heavy (non-hydrogen) atoms. The van der Waals surface area contributed by atoms with Crippen LogP contribution in [0.15, 0.2) is 54.6 Å². The second-order valence-electron chi connectivity index (χ2n) is 6.42. The summed E-state index contributed by atoms with van der Waals surface area (Å²) >= 11 is 0. The summed E-state index contributed by atoms with van der Waals surface area (Å²) in [6.45, 7) is 4.40. The number of benzene rings is 3. The molecule has 4 aromatic rings. The van der Waals surface area contributed by atoms with Gasteiger partial charge in [-0.25, -0.2) is 0 Å². The van der Waals surface area contributed by atoms with Crippen molar-refractivity contribution in [2.45, 2.75) is 20.3 Å². The largest absolute Gasteiger partial charge is 0.309 e. The van der Waals surface area contributed by atoms with Crippen molar-refractivity contribution in [3.63, 3.8) is 0 Å². The van der Waals surface area contributed by atoms with Crippen LogP contribution in [0, 0.1) is 13.8 Å². The predicted molar refractivity (Wildman–Crippen MR) is 93.1 cm³/mol. The molecule has 0 saturated heterocycles. The van der Waals surface area contributed by atoms with Crippen molar-refractivity contribution >= 4 is 21.8 Å². The first-order valence-electron chi connectivity index (χ1n) is 7.85. The number of hydrogen-bond donors (Lipinski definition) is 0. The van der Waals surface area contributed by atoms with E-state index in [0.717, 1.165) is 6.42 Å². The van der Waals surface area contributed by atoms with Crippen LogP contribution in [0.4, 0.5) is 0 Å². The van der Waals surface area contributed by atoms with Crippen LogP contribution in [-0.4, -0.2) is 4.57 Å². The minimum absolute atomic E-state index is 1.04. The van der Waals surface area contributed by atoms with E-state index in [1.165, 1.54) is 49.7 Å². The van der Waals surface area contributed by atoms with Gasteiger partial charge in [0.25, 0.3) is 0 Å². The Balaban J connectivity index is 2.11. The van der Waals surface area contributed by atoms with Gasteiger partial charge in [0.1, 0.15) is 0 Å². The first-order chi connectivity index (χ1) is 10.7. The van der Waals surface area contributed by atoms with Crippen LogP contribution in [0.5, 0.6) is 0 Å². The minimum atomic E-state index is 1.04. The molecule has 0 N–H and O–H groups in total. The molecule has 0 saturated carbocycles. The summed E-state index contributed by atoms with van der Waals surface area (Å²) in [5, 5.41) is 2.74. The van der Waals surface area contributed by atoms with Gasteiger partial charge in [-0.3, -0.25) is 0 Å². The predicted octanol–water partition coefficient (Wildman–Crippen LogP) is 5.30. The molecule has 0 radical (unpaired) electrons. The van der Waals surface area contributed by atoms with Gasteiger partial charge in [-0.05, 0) is 48.2 Å². The molecule has 1 heteroatoms. The molecule has 1 nitrogen and oxygen atoms in total. The Morgan fingerprint density at radius 1 is 0.864 bits per heavy atom. The maximum atomic E-state index is 2.47. The van der Waals surface area contributed by atoms with E-state index in [1.54, 1.807) is 0 Å². The molecule has 0 bridgehead atoms. The summed E-state index contributed by atoms with van der Waals surface area (Å²) in [4.78, 5) is 0. The van der Waals surface area contributed by atoms with E-state index in [1.807, 2.05) is 0 Å². The maximum Gasteiger partial charge on any atom is 0.0579 e. The number of fused-ring (bicyclic) bond motifs is 5. The van der Waals surface area contributed by atoms with Crippen molar-refractivity contribution in [3.05, 3.63) is 76.9 Å². The average Bonchev–Trinajstić information content (AvgIpc) is 2.86. The second kappa shape index (κ2) is 4.01. The van der Waals surface area contributed by atoms with Gasteiger partial charge in [0.05, 0.1) is 11.0 Å². The van der Waals surface area contributed by atoms with Crippen LogP contribution in [0.2, 0.25) is 0 Å². The molecule has 0 spiro atoms. The quantitative estimate of drug-likeness (QED) is 0.363. The van der Waals surface area contributed by atoms with Crippen molar-refractivity contribution in [3.8, 4) is 5.69 Å². The minimum Gasteiger partial charge on any atom is -0.309 e. The molecule has 1 aliphatic rings. The van der Waals surface area contributed by atoms with E-state index in [0.29, 0.717) is 0 Å². The zero-order valence-electron chi connectivity index (χ0n) is 12.9. The first kappa shape index (κ1) is 12.0. The monoisotopic (exact) mass is 283 g/mol. The summed E-state index contributed by atoms with van der Waals surface area (Å²) in [5.41, 5.74) is 9.67. The highest BCUT2D eigenvalue weighted by Gasteiger charge is 2.22. The topological polar surface area (TPSA) is 4.93 Å². The SMILES string of the molecule is Cc1ccc2c3ccc(C)c4c3n(c2c1)-c1ccccc1C4. The lowest BCUT2D eigenvalue weighted by atomic mass is 9.94. The van der Waals surface area contributed by atoms with Crippen LogP contribution in [0.3, 0.4) is 0 Å². The van der Waals surface area contributed by atoms with Gasteiger partial charge in [-0.2, -0.15) is 0 Å². The number of hydrogen-bond acceptors (Lipinski definition) is 0. The van der Waals surface area contributed by atoms with Crippen molar-refractivity contribution in [1.82, 2.24) is 4.57 Å². The molecule has 3 aromatic carbocycles. The molecule has 1 aliphatic heterocycles. The number of nitrogens with zero attached hydrogens (tertiary/aromatic N) is 1. The lowest BCUT2D eigenvalue weighted by Crippen LogP contribution is -2.08. The highest BCUT2D eigenvalue weighted by atomic mass is 15.0.